The van der Waals surface area contributed by atoms with Gasteiger partial charge in [0.2, 0.25) is 0 Å². The van der Waals surface area contributed by atoms with Crippen molar-refractivity contribution in [1.82, 2.24) is 0 Å². The molecule has 1 aliphatic heterocycles. The third kappa shape index (κ3) is 4.33. The highest BCUT2D eigenvalue weighted by molar-refractivity contribution is 5.89. The Kier molecular flexibility index (Phi) is 4.56. The van der Waals surface area contributed by atoms with Crippen LogP contribution in [0.2, 0.25) is 0 Å². The van der Waals surface area contributed by atoms with Gasteiger partial charge in [-0.2, -0.15) is 0 Å². The van der Waals surface area contributed by atoms with Gasteiger partial charge in [0.1, 0.15) is 0 Å². The van der Waals surface area contributed by atoms with Gasteiger partial charge in [-0.25, -0.2) is 4.79 Å². The predicted octanol–water partition coefficient (Wildman–Crippen LogP) is 2.63. The lowest BCUT2D eigenvalue weighted by atomic mass is 9.95. The molecule has 1 saturated heterocycles. The van der Waals surface area contributed by atoms with Crippen molar-refractivity contribution in [1.29, 1.82) is 0 Å². The highest BCUT2D eigenvalue weighted by atomic mass is 16.7. The van der Waals surface area contributed by atoms with E-state index in [0.29, 0.717) is 31.8 Å². The Morgan fingerprint density at radius 2 is 1.89 bits per heavy atom. The van der Waals surface area contributed by atoms with Gasteiger partial charge < -0.3 is 14.2 Å². The first-order valence-corrected chi connectivity index (χ1v) is 6.52. The van der Waals surface area contributed by atoms with Crippen molar-refractivity contribution < 1.29 is 19.0 Å². The molecule has 19 heavy (non-hydrogen) atoms. The molecule has 0 aliphatic carbocycles. The summed E-state index contributed by atoms with van der Waals surface area (Å²) in [5, 5.41) is 0. The van der Waals surface area contributed by atoms with Crippen molar-refractivity contribution >= 4 is 5.97 Å². The highest BCUT2D eigenvalue weighted by Crippen LogP contribution is 2.23. The van der Waals surface area contributed by atoms with Crippen LogP contribution >= 0.6 is 0 Å². The zero-order valence-electron chi connectivity index (χ0n) is 11.4. The summed E-state index contributed by atoms with van der Waals surface area (Å²) in [4.78, 5) is 11.7. The summed E-state index contributed by atoms with van der Waals surface area (Å²) in [6.45, 7) is 5.84. The van der Waals surface area contributed by atoms with E-state index in [1.807, 2.05) is 18.2 Å². The Morgan fingerprint density at radius 3 is 2.53 bits per heavy atom. The van der Waals surface area contributed by atoms with Crippen LogP contribution in [-0.4, -0.2) is 32.1 Å². The molecule has 2 rings (SSSR count). The van der Waals surface area contributed by atoms with Crippen LogP contribution in [0.5, 0.6) is 0 Å². The van der Waals surface area contributed by atoms with Crippen LogP contribution in [0, 0.1) is 5.41 Å². The minimum Gasteiger partial charge on any atom is -0.462 e. The van der Waals surface area contributed by atoms with Crippen LogP contribution in [0.25, 0.3) is 0 Å². The van der Waals surface area contributed by atoms with Crippen LogP contribution < -0.4 is 0 Å². The van der Waals surface area contributed by atoms with Gasteiger partial charge in [0.15, 0.2) is 6.29 Å². The monoisotopic (exact) mass is 264 g/mol. The zero-order chi connectivity index (χ0) is 13.7. The summed E-state index contributed by atoms with van der Waals surface area (Å²) in [7, 11) is 0. The van der Waals surface area contributed by atoms with Crippen LogP contribution in [0.1, 0.15) is 30.6 Å². The van der Waals surface area contributed by atoms with Crippen molar-refractivity contribution in [2.75, 3.05) is 19.8 Å². The third-order valence-corrected chi connectivity index (χ3v) is 2.92. The molecule has 0 aromatic heterocycles. The lowest BCUT2D eigenvalue weighted by Gasteiger charge is -2.34. The Balaban J connectivity index is 1.69. The first kappa shape index (κ1) is 14.0. The van der Waals surface area contributed by atoms with Crippen molar-refractivity contribution in [2.45, 2.75) is 26.6 Å². The van der Waals surface area contributed by atoms with Crippen molar-refractivity contribution in [3.8, 4) is 0 Å². The van der Waals surface area contributed by atoms with E-state index in [-0.39, 0.29) is 17.7 Å². The molecule has 0 bridgehead atoms. The fourth-order valence-corrected chi connectivity index (χ4v) is 1.80. The first-order chi connectivity index (χ1) is 9.07. The van der Waals surface area contributed by atoms with E-state index in [9.17, 15) is 4.79 Å². The fourth-order valence-electron chi connectivity index (χ4n) is 1.80. The molecule has 1 fully saturated rings. The molecule has 0 spiro atoms. The van der Waals surface area contributed by atoms with Gasteiger partial charge in [0, 0.05) is 11.8 Å². The molecular weight excluding hydrogens is 244 g/mol. The predicted molar refractivity (Wildman–Crippen MR) is 70.8 cm³/mol. The van der Waals surface area contributed by atoms with E-state index >= 15 is 0 Å². The van der Waals surface area contributed by atoms with Gasteiger partial charge in [-0.3, -0.25) is 0 Å². The number of esters is 1. The number of carbonyl (C=O) groups excluding carboxylic acids is 1. The summed E-state index contributed by atoms with van der Waals surface area (Å²) in [5.41, 5.74) is 0.631. The number of benzene rings is 1. The lowest BCUT2D eigenvalue weighted by Crippen LogP contribution is -2.38. The van der Waals surface area contributed by atoms with Crippen LogP contribution in [0.3, 0.4) is 0 Å². The smallest absolute Gasteiger partial charge is 0.338 e. The number of carbonyl (C=O) groups is 1. The van der Waals surface area contributed by atoms with Crippen molar-refractivity contribution in [3.63, 3.8) is 0 Å². The number of hydrogen-bond acceptors (Lipinski definition) is 4. The molecule has 104 valence electrons. The fraction of sp³-hybridized carbons (Fsp3) is 0.533. The van der Waals surface area contributed by atoms with E-state index in [2.05, 4.69) is 13.8 Å². The second kappa shape index (κ2) is 6.17. The molecule has 1 aromatic rings. The SMILES string of the molecule is CC1(C)COC(CCOC(=O)c2ccccc2)OC1. The summed E-state index contributed by atoms with van der Waals surface area (Å²) in [6, 6.07) is 8.96. The molecule has 0 amide bonds. The number of hydrogen-bond donors (Lipinski definition) is 0. The molecular formula is C15H20O4. The van der Waals surface area contributed by atoms with Crippen LogP contribution in [0.15, 0.2) is 30.3 Å². The topological polar surface area (TPSA) is 44.8 Å². The molecule has 0 N–H and O–H groups in total. The maximum Gasteiger partial charge on any atom is 0.338 e. The van der Waals surface area contributed by atoms with E-state index < -0.39 is 0 Å². The van der Waals surface area contributed by atoms with Crippen molar-refractivity contribution in [2.24, 2.45) is 5.41 Å². The minimum atomic E-state index is -0.309. The standard InChI is InChI=1S/C15H20O4/c1-15(2)10-18-13(19-11-15)8-9-17-14(16)12-6-4-3-5-7-12/h3-7,13H,8-11H2,1-2H3. The van der Waals surface area contributed by atoms with E-state index in [4.69, 9.17) is 14.2 Å². The Hall–Kier alpha value is -1.39. The lowest BCUT2D eigenvalue weighted by molar-refractivity contribution is -0.225. The van der Waals surface area contributed by atoms with E-state index in [1.165, 1.54) is 0 Å². The molecule has 1 aliphatic rings. The van der Waals surface area contributed by atoms with Gasteiger partial charge in [-0.15, -0.1) is 0 Å². The molecule has 1 aromatic carbocycles. The highest BCUT2D eigenvalue weighted by Gasteiger charge is 2.28. The molecule has 1 heterocycles. The number of rotatable bonds is 4. The van der Waals surface area contributed by atoms with Gasteiger partial charge in [0.05, 0.1) is 25.4 Å². The molecule has 4 heteroatoms. The van der Waals surface area contributed by atoms with Crippen LogP contribution in [-0.2, 0) is 14.2 Å². The number of ether oxygens (including phenoxy) is 3. The van der Waals surface area contributed by atoms with E-state index in [1.54, 1.807) is 12.1 Å². The largest absolute Gasteiger partial charge is 0.462 e. The third-order valence-electron chi connectivity index (χ3n) is 2.92. The average molecular weight is 264 g/mol. The first-order valence-electron chi connectivity index (χ1n) is 6.52. The summed E-state index contributed by atoms with van der Waals surface area (Å²) in [6.07, 6.45) is 0.297. The summed E-state index contributed by atoms with van der Waals surface area (Å²) >= 11 is 0. The van der Waals surface area contributed by atoms with E-state index in [0.717, 1.165) is 0 Å². The second-order valence-electron chi connectivity index (χ2n) is 5.51. The van der Waals surface area contributed by atoms with Crippen molar-refractivity contribution in [3.05, 3.63) is 35.9 Å². The second-order valence-corrected chi connectivity index (χ2v) is 5.51. The molecule has 4 nitrogen and oxygen atoms in total. The van der Waals surface area contributed by atoms with Gasteiger partial charge in [0.25, 0.3) is 0 Å². The van der Waals surface area contributed by atoms with Gasteiger partial charge in [-0.05, 0) is 12.1 Å². The molecule has 0 saturated carbocycles. The van der Waals surface area contributed by atoms with Gasteiger partial charge >= 0.3 is 5.97 Å². The van der Waals surface area contributed by atoms with Gasteiger partial charge in [-0.1, -0.05) is 32.0 Å². The quantitative estimate of drug-likeness (QED) is 0.784. The molecule has 0 radical (unpaired) electrons. The molecule has 0 atom stereocenters. The Bertz CT molecular complexity index is 403. The minimum absolute atomic E-state index is 0.0667. The maximum absolute atomic E-state index is 11.7. The Morgan fingerprint density at radius 1 is 1.26 bits per heavy atom. The van der Waals surface area contributed by atoms with Crippen LogP contribution in [0.4, 0.5) is 0 Å². The average Bonchev–Trinajstić information content (AvgIpc) is 2.41. The summed E-state index contributed by atoms with van der Waals surface area (Å²) in [5.74, 6) is -0.309. The Labute approximate surface area is 113 Å². The normalized spacial score (nSPS) is 19.1. The maximum atomic E-state index is 11.7. The molecule has 0 unspecified atom stereocenters. The summed E-state index contributed by atoms with van der Waals surface area (Å²) < 4.78 is 16.3. The zero-order valence-corrected chi connectivity index (χ0v) is 11.4.